The van der Waals surface area contributed by atoms with E-state index < -0.39 is 5.60 Å². The van der Waals surface area contributed by atoms with Gasteiger partial charge in [0.15, 0.2) is 0 Å². The first kappa shape index (κ1) is 15.1. The van der Waals surface area contributed by atoms with Gasteiger partial charge in [-0.3, -0.25) is 4.68 Å². The van der Waals surface area contributed by atoms with Gasteiger partial charge in [0, 0.05) is 12.6 Å². The number of nitrogens with zero attached hydrogens (tertiary/aromatic N) is 2. The van der Waals surface area contributed by atoms with Crippen LogP contribution in [-0.2, 0) is 6.42 Å². The Bertz CT molecular complexity index is 440. The Morgan fingerprint density at radius 3 is 2.57 bits per heavy atom. The van der Waals surface area contributed by atoms with Gasteiger partial charge < -0.3 is 5.11 Å². The molecule has 0 amide bonds. The molecule has 0 bridgehead atoms. The quantitative estimate of drug-likeness (QED) is 0.899. The molecule has 0 atom stereocenters. The lowest BCUT2D eigenvalue weighted by molar-refractivity contribution is -0.0101. The van der Waals surface area contributed by atoms with E-state index in [1.54, 1.807) is 0 Å². The lowest BCUT2D eigenvalue weighted by atomic mass is 9.76. The molecule has 3 nitrogen and oxygen atoms in total. The molecule has 1 heterocycles. The van der Waals surface area contributed by atoms with E-state index in [-0.39, 0.29) is 0 Å². The monoisotopic (exact) mass is 290 g/mol. The standard InChI is InChI=1S/C18H30N2O/c1-2-15-8-11-18(21,12-9-15)14-16-10-13-20(19-16)17-6-4-3-5-7-17/h10,13,15,17,21H,2-9,11-12,14H2,1H3. The second-order valence-corrected chi connectivity index (χ2v) is 7.33. The third kappa shape index (κ3) is 3.68. The molecule has 3 heteroatoms. The molecule has 1 N–H and O–H groups in total. The van der Waals surface area contributed by atoms with Gasteiger partial charge in [0.25, 0.3) is 0 Å². The maximum atomic E-state index is 10.8. The molecule has 2 aliphatic rings. The Hall–Kier alpha value is -0.830. The van der Waals surface area contributed by atoms with Crippen LogP contribution in [0.5, 0.6) is 0 Å². The van der Waals surface area contributed by atoms with Crippen molar-refractivity contribution >= 4 is 0 Å². The lowest BCUT2D eigenvalue weighted by Gasteiger charge is -2.35. The van der Waals surface area contributed by atoms with E-state index in [9.17, 15) is 5.11 Å². The van der Waals surface area contributed by atoms with Gasteiger partial charge >= 0.3 is 0 Å². The van der Waals surface area contributed by atoms with Crippen molar-refractivity contribution in [2.45, 2.75) is 89.2 Å². The average molecular weight is 290 g/mol. The van der Waals surface area contributed by atoms with Crippen molar-refractivity contribution in [2.24, 2.45) is 5.92 Å². The first-order chi connectivity index (χ1) is 10.2. The second-order valence-electron chi connectivity index (χ2n) is 7.33. The van der Waals surface area contributed by atoms with Gasteiger partial charge in [-0.2, -0.15) is 5.10 Å². The molecule has 0 spiro atoms. The Morgan fingerprint density at radius 1 is 1.19 bits per heavy atom. The van der Waals surface area contributed by atoms with Crippen LogP contribution in [0.1, 0.15) is 82.9 Å². The van der Waals surface area contributed by atoms with E-state index in [0.717, 1.165) is 30.9 Å². The molecule has 1 aromatic rings. The molecular formula is C18H30N2O. The van der Waals surface area contributed by atoms with Gasteiger partial charge in [-0.15, -0.1) is 0 Å². The van der Waals surface area contributed by atoms with Crippen LogP contribution in [0.4, 0.5) is 0 Å². The average Bonchev–Trinajstić information content (AvgIpc) is 2.97. The van der Waals surface area contributed by atoms with Crippen molar-refractivity contribution in [3.63, 3.8) is 0 Å². The van der Waals surface area contributed by atoms with Crippen molar-refractivity contribution in [1.82, 2.24) is 9.78 Å². The Morgan fingerprint density at radius 2 is 1.90 bits per heavy atom. The Kier molecular flexibility index (Phi) is 4.68. The summed E-state index contributed by atoms with van der Waals surface area (Å²) in [7, 11) is 0. The molecule has 0 aliphatic heterocycles. The summed E-state index contributed by atoms with van der Waals surface area (Å²) in [5.74, 6) is 0.824. The number of hydrogen-bond acceptors (Lipinski definition) is 2. The molecule has 0 radical (unpaired) electrons. The fourth-order valence-electron chi connectivity index (χ4n) is 4.16. The third-order valence-electron chi connectivity index (χ3n) is 5.74. The molecule has 0 unspecified atom stereocenters. The van der Waals surface area contributed by atoms with Gasteiger partial charge in [-0.05, 0) is 50.5 Å². The van der Waals surface area contributed by atoms with Crippen LogP contribution in [0.25, 0.3) is 0 Å². The molecule has 21 heavy (non-hydrogen) atoms. The predicted molar refractivity (Wildman–Crippen MR) is 85.3 cm³/mol. The van der Waals surface area contributed by atoms with Crippen LogP contribution in [-0.4, -0.2) is 20.5 Å². The third-order valence-corrected chi connectivity index (χ3v) is 5.74. The number of aliphatic hydroxyl groups is 1. The first-order valence-corrected chi connectivity index (χ1v) is 8.95. The summed E-state index contributed by atoms with van der Waals surface area (Å²) in [6.07, 6.45) is 15.0. The maximum absolute atomic E-state index is 10.8. The van der Waals surface area contributed by atoms with Crippen LogP contribution < -0.4 is 0 Å². The summed E-state index contributed by atoms with van der Waals surface area (Å²) >= 11 is 0. The van der Waals surface area contributed by atoms with Crippen LogP contribution in [0.15, 0.2) is 12.3 Å². The highest BCUT2D eigenvalue weighted by atomic mass is 16.3. The lowest BCUT2D eigenvalue weighted by Crippen LogP contribution is -2.36. The summed E-state index contributed by atoms with van der Waals surface area (Å²) in [5, 5.41) is 15.6. The zero-order valence-corrected chi connectivity index (χ0v) is 13.4. The van der Waals surface area contributed by atoms with Crippen LogP contribution in [0.3, 0.4) is 0 Å². The molecule has 2 fully saturated rings. The minimum Gasteiger partial charge on any atom is -0.389 e. The van der Waals surface area contributed by atoms with Gasteiger partial charge in [0.1, 0.15) is 0 Å². The zero-order chi connectivity index (χ0) is 14.7. The van der Waals surface area contributed by atoms with Crippen molar-refractivity contribution in [3.8, 4) is 0 Å². The molecule has 0 aromatic carbocycles. The topological polar surface area (TPSA) is 38.0 Å². The largest absolute Gasteiger partial charge is 0.389 e. The molecule has 0 saturated heterocycles. The van der Waals surface area contributed by atoms with E-state index in [1.807, 2.05) is 0 Å². The van der Waals surface area contributed by atoms with Crippen molar-refractivity contribution < 1.29 is 5.11 Å². The second kappa shape index (κ2) is 6.51. The molecule has 1 aromatic heterocycles. The van der Waals surface area contributed by atoms with E-state index in [1.165, 1.54) is 51.4 Å². The number of hydrogen-bond donors (Lipinski definition) is 1. The summed E-state index contributed by atoms with van der Waals surface area (Å²) in [6.45, 7) is 2.26. The maximum Gasteiger partial charge on any atom is 0.0703 e. The Labute approximate surface area is 128 Å². The molecular weight excluding hydrogens is 260 g/mol. The Balaban J connectivity index is 1.59. The van der Waals surface area contributed by atoms with Gasteiger partial charge in [0.2, 0.25) is 0 Å². The van der Waals surface area contributed by atoms with E-state index in [0.29, 0.717) is 6.04 Å². The van der Waals surface area contributed by atoms with E-state index in [2.05, 4.69) is 23.9 Å². The summed E-state index contributed by atoms with van der Waals surface area (Å²) in [4.78, 5) is 0. The smallest absolute Gasteiger partial charge is 0.0703 e. The van der Waals surface area contributed by atoms with Gasteiger partial charge in [0.05, 0.1) is 17.3 Å². The SMILES string of the molecule is CCC1CCC(O)(Cc2ccn(C3CCCCC3)n2)CC1. The van der Waals surface area contributed by atoms with Crippen molar-refractivity contribution in [3.05, 3.63) is 18.0 Å². The summed E-state index contributed by atoms with van der Waals surface area (Å²) in [6, 6.07) is 2.72. The normalized spacial score (nSPS) is 31.4. The minimum atomic E-state index is -0.503. The first-order valence-electron chi connectivity index (χ1n) is 8.95. The highest BCUT2D eigenvalue weighted by Gasteiger charge is 2.33. The van der Waals surface area contributed by atoms with Crippen molar-refractivity contribution in [1.29, 1.82) is 0 Å². The van der Waals surface area contributed by atoms with Gasteiger partial charge in [-0.25, -0.2) is 0 Å². The molecule has 118 valence electrons. The fourth-order valence-corrected chi connectivity index (χ4v) is 4.16. The molecule has 3 rings (SSSR count). The van der Waals surface area contributed by atoms with Crippen LogP contribution >= 0.6 is 0 Å². The molecule has 2 aliphatic carbocycles. The van der Waals surface area contributed by atoms with Crippen molar-refractivity contribution in [2.75, 3.05) is 0 Å². The summed E-state index contributed by atoms with van der Waals surface area (Å²) in [5.41, 5.74) is 0.579. The molecule has 2 saturated carbocycles. The number of aromatic nitrogens is 2. The van der Waals surface area contributed by atoms with E-state index in [4.69, 9.17) is 5.10 Å². The zero-order valence-electron chi connectivity index (χ0n) is 13.4. The van der Waals surface area contributed by atoms with Crippen LogP contribution in [0.2, 0.25) is 0 Å². The predicted octanol–water partition coefficient (Wildman–Crippen LogP) is 4.26. The van der Waals surface area contributed by atoms with E-state index >= 15 is 0 Å². The van der Waals surface area contributed by atoms with Gasteiger partial charge in [-0.1, -0.05) is 32.6 Å². The summed E-state index contributed by atoms with van der Waals surface area (Å²) < 4.78 is 2.16. The van der Waals surface area contributed by atoms with Crippen LogP contribution in [0, 0.1) is 5.92 Å². The highest BCUT2D eigenvalue weighted by molar-refractivity contribution is 5.06. The fraction of sp³-hybridized carbons (Fsp3) is 0.833. The minimum absolute atomic E-state index is 0.503. The highest BCUT2D eigenvalue weighted by Crippen LogP contribution is 2.36. The number of rotatable bonds is 4.